The van der Waals surface area contributed by atoms with E-state index < -0.39 is 6.09 Å². The molecule has 0 bridgehead atoms. The summed E-state index contributed by atoms with van der Waals surface area (Å²) < 4.78 is 6.40. The normalized spacial score (nSPS) is 10.4. The molecular weight excluding hydrogens is 356 g/mol. The van der Waals surface area contributed by atoms with Crippen molar-refractivity contribution in [2.45, 2.75) is 19.9 Å². The first-order valence-corrected chi connectivity index (χ1v) is 8.95. The fourth-order valence-corrected chi connectivity index (χ4v) is 2.87. The maximum Gasteiger partial charge on any atom is 0.411 e. The van der Waals surface area contributed by atoms with Gasteiger partial charge in [-0.2, -0.15) is 5.10 Å². The van der Waals surface area contributed by atoms with Gasteiger partial charge in [-0.05, 0) is 36.2 Å². The number of anilines is 2. The quantitative estimate of drug-likeness (QED) is 0.681. The summed E-state index contributed by atoms with van der Waals surface area (Å²) in [6.07, 6.45) is 1.75. The van der Waals surface area contributed by atoms with Crippen LogP contribution < -0.4 is 10.6 Å². The number of hydrogen-bond donors (Lipinski definition) is 2. The van der Waals surface area contributed by atoms with Crippen LogP contribution in [-0.4, -0.2) is 28.9 Å². The summed E-state index contributed by atoms with van der Waals surface area (Å²) in [4.78, 5) is 23.9. The van der Waals surface area contributed by atoms with E-state index in [4.69, 9.17) is 0 Å². The molecular formula is C21H22N4O3. The summed E-state index contributed by atoms with van der Waals surface area (Å²) in [6.45, 7) is 2.62. The van der Waals surface area contributed by atoms with E-state index in [1.54, 1.807) is 30.5 Å². The van der Waals surface area contributed by atoms with Crippen LogP contribution in [0.5, 0.6) is 0 Å². The third-order valence-corrected chi connectivity index (χ3v) is 4.28. The highest BCUT2D eigenvalue weighted by Crippen LogP contribution is 2.17. The van der Waals surface area contributed by atoms with Crippen molar-refractivity contribution in [2.75, 3.05) is 17.7 Å². The lowest BCUT2D eigenvalue weighted by atomic mass is 10.1. The van der Waals surface area contributed by atoms with Gasteiger partial charge >= 0.3 is 6.09 Å². The van der Waals surface area contributed by atoms with E-state index in [0.717, 1.165) is 11.3 Å². The summed E-state index contributed by atoms with van der Waals surface area (Å²) in [5, 5.41) is 9.83. The SMILES string of the molecule is CCc1c(C(=O)Nc2ccc(NC(=O)OC)cc2)cnn1Cc1ccccc1. The minimum absolute atomic E-state index is 0.218. The number of hydrogen-bond acceptors (Lipinski definition) is 4. The molecule has 2 N–H and O–H groups in total. The van der Waals surface area contributed by atoms with Crippen LogP contribution >= 0.6 is 0 Å². The van der Waals surface area contributed by atoms with Crippen LogP contribution in [0.2, 0.25) is 0 Å². The molecule has 7 heteroatoms. The Morgan fingerprint density at radius 3 is 2.25 bits per heavy atom. The second-order valence-electron chi connectivity index (χ2n) is 6.15. The smallest absolute Gasteiger partial charge is 0.411 e. The lowest BCUT2D eigenvalue weighted by Crippen LogP contribution is -2.15. The van der Waals surface area contributed by atoms with E-state index in [9.17, 15) is 9.59 Å². The Morgan fingerprint density at radius 1 is 1.00 bits per heavy atom. The van der Waals surface area contributed by atoms with Crippen molar-refractivity contribution in [3.63, 3.8) is 0 Å². The van der Waals surface area contributed by atoms with Crippen LogP contribution in [0.3, 0.4) is 0 Å². The Kier molecular flexibility index (Phi) is 6.06. The molecule has 3 aromatic rings. The molecule has 0 aliphatic rings. The second kappa shape index (κ2) is 8.85. The highest BCUT2D eigenvalue weighted by molar-refractivity contribution is 6.05. The van der Waals surface area contributed by atoms with Crippen molar-refractivity contribution < 1.29 is 14.3 Å². The van der Waals surface area contributed by atoms with Crippen molar-refractivity contribution in [1.82, 2.24) is 9.78 Å². The van der Waals surface area contributed by atoms with Crippen LogP contribution in [0.25, 0.3) is 0 Å². The topological polar surface area (TPSA) is 85.2 Å². The van der Waals surface area contributed by atoms with Crippen molar-refractivity contribution in [2.24, 2.45) is 0 Å². The molecule has 1 heterocycles. The molecule has 0 saturated carbocycles. The van der Waals surface area contributed by atoms with E-state index in [1.807, 2.05) is 41.9 Å². The van der Waals surface area contributed by atoms with E-state index in [1.165, 1.54) is 7.11 Å². The first kappa shape index (κ1) is 19.2. The Bertz CT molecular complexity index is 950. The third-order valence-electron chi connectivity index (χ3n) is 4.28. The maximum atomic E-state index is 12.7. The molecule has 1 aromatic heterocycles. The van der Waals surface area contributed by atoms with Gasteiger partial charge in [0.2, 0.25) is 0 Å². The second-order valence-corrected chi connectivity index (χ2v) is 6.15. The third kappa shape index (κ3) is 4.56. The molecule has 0 saturated heterocycles. The fourth-order valence-electron chi connectivity index (χ4n) is 2.87. The number of amides is 2. The molecule has 144 valence electrons. The summed E-state index contributed by atoms with van der Waals surface area (Å²) in [5.74, 6) is -0.218. The summed E-state index contributed by atoms with van der Waals surface area (Å²) in [7, 11) is 1.30. The molecule has 0 atom stereocenters. The number of aromatic nitrogens is 2. The number of nitrogens with zero attached hydrogens (tertiary/aromatic N) is 2. The first-order valence-electron chi connectivity index (χ1n) is 8.95. The zero-order chi connectivity index (χ0) is 19.9. The average Bonchev–Trinajstić information content (AvgIpc) is 3.12. The Hall–Kier alpha value is -3.61. The summed E-state index contributed by atoms with van der Waals surface area (Å²) in [5.41, 5.74) is 3.76. The number of nitrogens with one attached hydrogen (secondary N) is 2. The Balaban J connectivity index is 1.71. The van der Waals surface area contributed by atoms with E-state index in [-0.39, 0.29) is 5.91 Å². The Morgan fingerprint density at radius 2 is 1.64 bits per heavy atom. The predicted molar refractivity (Wildman–Crippen MR) is 108 cm³/mol. The zero-order valence-corrected chi connectivity index (χ0v) is 15.8. The summed E-state index contributed by atoms with van der Waals surface area (Å²) >= 11 is 0. The van der Waals surface area contributed by atoms with E-state index in [2.05, 4.69) is 20.5 Å². The predicted octanol–water partition coefficient (Wildman–Crippen LogP) is 3.92. The van der Waals surface area contributed by atoms with Crippen LogP contribution in [0.15, 0.2) is 60.8 Å². The highest BCUT2D eigenvalue weighted by atomic mass is 16.5. The molecule has 0 fully saturated rings. The van der Waals surface area contributed by atoms with Crippen molar-refractivity contribution in [1.29, 1.82) is 0 Å². The minimum atomic E-state index is -0.546. The fraction of sp³-hybridized carbons (Fsp3) is 0.190. The van der Waals surface area contributed by atoms with Gasteiger partial charge in [0.15, 0.2) is 0 Å². The van der Waals surface area contributed by atoms with Gasteiger partial charge in [0, 0.05) is 11.4 Å². The molecule has 0 radical (unpaired) electrons. The highest BCUT2D eigenvalue weighted by Gasteiger charge is 2.16. The van der Waals surface area contributed by atoms with Crippen LogP contribution in [0.4, 0.5) is 16.2 Å². The molecule has 0 unspecified atom stereocenters. The van der Waals surface area contributed by atoms with Crippen molar-refractivity contribution in [3.05, 3.63) is 77.6 Å². The average molecular weight is 378 g/mol. The van der Waals surface area contributed by atoms with Crippen LogP contribution in [0.1, 0.15) is 28.5 Å². The van der Waals surface area contributed by atoms with Gasteiger partial charge in [0.25, 0.3) is 5.91 Å². The van der Waals surface area contributed by atoms with Gasteiger partial charge in [0.1, 0.15) is 0 Å². The van der Waals surface area contributed by atoms with Crippen molar-refractivity contribution >= 4 is 23.4 Å². The maximum absolute atomic E-state index is 12.7. The number of benzene rings is 2. The Labute approximate surface area is 163 Å². The molecule has 3 rings (SSSR count). The summed E-state index contributed by atoms with van der Waals surface area (Å²) in [6, 6.07) is 16.8. The number of ether oxygens (including phenoxy) is 1. The van der Waals surface area contributed by atoms with E-state index in [0.29, 0.717) is 29.9 Å². The molecule has 0 aliphatic heterocycles. The van der Waals surface area contributed by atoms with Crippen LogP contribution in [-0.2, 0) is 17.7 Å². The van der Waals surface area contributed by atoms with Crippen LogP contribution in [0, 0.1) is 0 Å². The van der Waals surface area contributed by atoms with Gasteiger partial charge in [-0.1, -0.05) is 37.3 Å². The van der Waals surface area contributed by atoms with Gasteiger partial charge in [-0.3, -0.25) is 14.8 Å². The standard InChI is InChI=1S/C21H22N4O3/c1-3-19-18(13-22-25(19)14-15-7-5-4-6-8-15)20(26)23-16-9-11-17(12-10-16)24-21(27)28-2/h4-13H,3,14H2,1-2H3,(H,23,26)(H,24,27). The number of methoxy groups -OCH3 is 1. The van der Waals surface area contributed by atoms with Gasteiger partial charge in [-0.15, -0.1) is 0 Å². The molecule has 2 aromatic carbocycles. The van der Waals surface area contributed by atoms with E-state index >= 15 is 0 Å². The lowest BCUT2D eigenvalue weighted by Gasteiger charge is -2.09. The lowest BCUT2D eigenvalue weighted by molar-refractivity contribution is 0.102. The molecule has 2 amide bonds. The van der Waals surface area contributed by atoms with Gasteiger partial charge in [-0.25, -0.2) is 4.79 Å². The molecule has 7 nitrogen and oxygen atoms in total. The number of carbonyl (C=O) groups excluding carboxylic acids is 2. The number of rotatable bonds is 6. The van der Waals surface area contributed by atoms with Gasteiger partial charge in [0.05, 0.1) is 31.1 Å². The number of carbonyl (C=O) groups is 2. The first-order chi connectivity index (χ1) is 13.6. The largest absolute Gasteiger partial charge is 0.453 e. The van der Waals surface area contributed by atoms with Crippen molar-refractivity contribution in [3.8, 4) is 0 Å². The van der Waals surface area contributed by atoms with Gasteiger partial charge < -0.3 is 10.1 Å². The molecule has 28 heavy (non-hydrogen) atoms. The monoisotopic (exact) mass is 378 g/mol. The molecule has 0 aliphatic carbocycles. The zero-order valence-electron chi connectivity index (χ0n) is 15.8. The molecule has 0 spiro atoms. The minimum Gasteiger partial charge on any atom is -0.453 e.